The van der Waals surface area contributed by atoms with Crippen LogP contribution in [0.2, 0.25) is 0 Å². The summed E-state index contributed by atoms with van der Waals surface area (Å²) in [6.07, 6.45) is 3.92. The van der Waals surface area contributed by atoms with Gasteiger partial charge in [0.05, 0.1) is 25.9 Å². The van der Waals surface area contributed by atoms with Gasteiger partial charge in [-0.15, -0.1) is 0 Å². The minimum atomic E-state index is -0.140. The van der Waals surface area contributed by atoms with Gasteiger partial charge in [-0.05, 0) is 84.4 Å². The molecule has 5 atom stereocenters. The van der Waals surface area contributed by atoms with Gasteiger partial charge in [0.2, 0.25) is 0 Å². The van der Waals surface area contributed by atoms with Crippen molar-refractivity contribution >= 4 is 17.3 Å². The highest BCUT2D eigenvalue weighted by molar-refractivity contribution is 6.05. The van der Waals surface area contributed by atoms with Crippen LogP contribution in [0.15, 0.2) is 66.7 Å². The molecule has 5 heteroatoms. The molecular weight excluding hydrogens is 424 g/mol. The summed E-state index contributed by atoms with van der Waals surface area (Å²) in [5.41, 5.74) is 5.10. The molecule has 34 heavy (non-hydrogen) atoms. The van der Waals surface area contributed by atoms with Crippen LogP contribution in [0, 0.1) is 17.8 Å². The molecule has 0 aromatic heterocycles. The molecule has 2 N–H and O–H groups in total. The van der Waals surface area contributed by atoms with E-state index in [0.717, 1.165) is 11.6 Å². The van der Waals surface area contributed by atoms with Crippen molar-refractivity contribution in [3.05, 3.63) is 83.4 Å². The average molecular weight is 455 g/mol. The molecule has 5 unspecified atom stereocenters. The second-order valence-corrected chi connectivity index (χ2v) is 9.79. The van der Waals surface area contributed by atoms with Gasteiger partial charge in [-0.1, -0.05) is 30.3 Å². The van der Waals surface area contributed by atoms with Crippen LogP contribution in [-0.2, 0) is 0 Å². The SMILES string of the molecule is COc1ccc(OC)c(NC(=O)c2ccc3c(c2)C2C4CCC(C4)C2C(c2ccccc2)N3)c1. The first-order valence-corrected chi connectivity index (χ1v) is 12.1. The summed E-state index contributed by atoms with van der Waals surface area (Å²) in [6.45, 7) is 0. The Morgan fingerprint density at radius 2 is 1.76 bits per heavy atom. The molecular formula is C29H30N2O3. The summed E-state index contributed by atoms with van der Waals surface area (Å²) in [4.78, 5) is 13.3. The molecule has 3 aliphatic rings. The van der Waals surface area contributed by atoms with Gasteiger partial charge in [-0.2, -0.15) is 0 Å². The van der Waals surface area contributed by atoms with E-state index in [4.69, 9.17) is 9.47 Å². The molecule has 2 fully saturated rings. The fraction of sp³-hybridized carbons (Fsp3) is 0.345. The zero-order valence-electron chi connectivity index (χ0n) is 19.6. The largest absolute Gasteiger partial charge is 0.497 e. The summed E-state index contributed by atoms with van der Waals surface area (Å²) in [5, 5.41) is 6.87. The van der Waals surface area contributed by atoms with Crippen molar-refractivity contribution in [3.63, 3.8) is 0 Å². The van der Waals surface area contributed by atoms with E-state index in [1.807, 2.05) is 12.1 Å². The Bertz CT molecular complexity index is 1230. The van der Waals surface area contributed by atoms with Gasteiger partial charge in [-0.25, -0.2) is 0 Å². The molecule has 3 aromatic rings. The van der Waals surface area contributed by atoms with Crippen molar-refractivity contribution in [2.75, 3.05) is 24.9 Å². The molecule has 3 aromatic carbocycles. The first-order chi connectivity index (χ1) is 16.7. The lowest BCUT2D eigenvalue weighted by molar-refractivity contribution is 0.102. The van der Waals surface area contributed by atoms with Crippen LogP contribution in [0.5, 0.6) is 11.5 Å². The molecule has 2 saturated carbocycles. The number of benzene rings is 3. The number of hydrogen-bond acceptors (Lipinski definition) is 4. The number of anilines is 2. The molecule has 1 aliphatic heterocycles. The van der Waals surface area contributed by atoms with E-state index in [-0.39, 0.29) is 5.91 Å². The Morgan fingerprint density at radius 3 is 2.56 bits per heavy atom. The summed E-state index contributed by atoms with van der Waals surface area (Å²) in [6, 6.07) is 22.7. The molecule has 1 amide bonds. The molecule has 0 spiro atoms. The Kier molecular flexibility index (Phi) is 5.20. The van der Waals surface area contributed by atoms with Gasteiger partial charge in [0.25, 0.3) is 5.91 Å². The third-order valence-corrected chi connectivity index (χ3v) is 8.16. The van der Waals surface area contributed by atoms with Crippen LogP contribution in [0.25, 0.3) is 0 Å². The lowest BCUT2D eigenvalue weighted by atomic mass is 9.68. The van der Waals surface area contributed by atoms with Gasteiger partial charge < -0.3 is 20.1 Å². The molecule has 0 radical (unpaired) electrons. The number of fused-ring (bicyclic) bond motifs is 7. The maximum atomic E-state index is 13.3. The lowest BCUT2D eigenvalue weighted by Gasteiger charge is -2.43. The van der Waals surface area contributed by atoms with Crippen LogP contribution in [0.4, 0.5) is 11.4 Å². The summed E-state index contributed by atoms with van der Waals surface area (Å²) >= 11 is 0. The monoisotopic (exact) mass is 454 g/mol. The van der Waals surface area contributed by atoms with E-state index >= 15 is 0 Å². The first-order valence-electron chi connectivity index (χ1n) is 12.1. The number of hydrogen-bond donors (Lipinski definition) is 2. The second-order valence-electron chi connectivity index (χ2n) is 9.79. The van der Waals surface area contributed by atoms with Crippen LogP contribution in [-0.4, -0.2) is 20.1 Å². The summed E-state index contributed by atoms with van der Waals surface area (Å²) in [7, 11) is 3.21. The quantitative estimate of drug-likeness (QED) is 0.478. The molecule has 174 valence electrons. The normalized spacial score (nSPS) is 26.2. The van der Waals surface area contributed by atoms with E-state index in [9.17, 15) is 4.79 Å². The number of amides is 1. The standard InChI is InChI=1S/C29H30N2O3/c1-33-21-11-13-25(34-2)24(16-21)31-29(32)20-10-12-23-22(15-20)26-18-8-9-19(14-18)27(26)28(30-23)17-6-4-3-5-7-17/h3-7,10-13,15-16,18-19,26-28,30H,8-9,14H2,1-2H3,(H,31,32). The maximum Gasteiger partial charge on any atom is 0.255 e. The maximum absolute atomic E-state index is 13.3. The Labute approximate surface area is 200 Å². The Balaban J connectivity index is 1.33. The third-order valence-electron chi connectivity index (χ3n) is 8.16. The van der Waals surface area contributed by atoms with Crippen molar-refractivity contribution in [2.24, 2.45) is 17.8 Å². The van der Waals surface area contributed by atoms with E-state index in [0.29, 0.717) is 46.5 Å². The highest BCUT2D eigenvalue weighted by Crippen LogP contribution is 2.63. The van der Waals surface area contributed by atoms with Crippen LogP contribution < -0.4 is 20.1 Å². The zero-order chi connectivity index (χ0) is 23.2. The van der Waals surface area contributed by atoms with E-state index in [2.05, 4.69) is 53.1 Å². The molecule has 6 rings (SSSR count). The summed E-state index contributed by atoms with van der Waals surface area (Å²) < 4.78 is 10.8. The van der Waals surface area contributed by atoms with Crippen molar-refractivity contribution in [1.29, 1.82) is 0 Å². The highest BCUT2D eigenvalue weighted by atomic mass is 16.5. The number of nitrogens with one attached hydrogen (secondary N) is 2. The number of carbonyl (C=O) groups is 1. The van der Waals surface area contributed by atoms with Crippen LogP contribution in [0.3, 0.4) is 0 Å². The summed E-state index contributed by atoms with van der Waals surface area (Å²) in [5.74, 6) is 3.66. The molecule has 1 heterocycles. The predicted molar refractivity (Wildman–Crippen MR) is 134 cm³/mol. The number of methoxy groups -OCH3 is 2. The van der Waals surface area contributed by atoms with Gasteiger partial charge >= 0.3 is 0 Å². The third kappa shape index (κ3) is 3.42. The van der Waals surface area contributed by atoms with Gasteiger partial charge in [0.1, 0.15) is 11.5 Å². The predicted octanol–water partition coefficient (Wildman–Crippen LogP) is 6.25. The first kappa shape index (κ1) is 21.1. The van der Waals surface area contributed by atoms with Crippen molar-refractivity contribution in [2.45, 2.75) is 31.2 Å². The molecule has 2 bridgehead atoms. The molecule has 5 nitrogen and oxygen atoms in total. The van der Waals surface area contributed by atoms with Crippen LogP contribution in [0.1, 0.15) is 52.7 Å². The minimum absolute atomic E-state index is 0.140. The smallest absolute Gasteiger partial charge is 0.255 e. The fourth-order valence-electron chi connectivity index (χ4n) is 6.72. The molecule has 2 aliphatic carbocycles. The Hall–Kier alpha value is -3.47. The van der Waals surface area contributed by atoms with Crippen molar-refractivity contribution < 1.29 is 14.3 Å². The zero-order valence-corrected chi connectivity index (χ0v) is 19.6. The number of rotatable bonds is 5. The average Bonchev–Trinajstić information content (AvgIpc) is 3.51. The molecule has 0 saturated heterocycles. The van der Waals surface area contributed by atoms with Crippen LogP contribution >= 0.6 is 0 Å². The van der Waals surface area contributed by atoms with E-state index in [1.54, 1.807) is 26.4 Å². The van der Waals surface area contributed by atoms with Gasteiger partial charge in [0, 0.05) is 17.3 Å². The van der Waals surface area contributed by atoms with Gasteiger partial charge in [0.15, 0.2) is 0 Å². The Morgan fingerprint density at radius 1 is 0.941 bits per heavy atom. The van der Waals surface area contributed by atoms with E-state index in [1.165, 1.54) is 30.4 Å². The van der Waals surface area contributed by atoms with Crippen molar-refractivity contribution in [3.8, 4) is 11.5 Å². The number of carbonyl (C=O) groups excluding carboxylic acids is 1. The lowest BCUT2D eigenvalue weighted by Crippen LogP contribution is -2.35. The fourth-order valence-corrected chi connectivity index (χ4v) is 6.72. The number of ether oxygens (including phenoxy) is 2. The topological polar surface area (TPSA) is 59.6 Å². The second kappa shape index (κ2) is 8.39. The highest BCUT2D eigenvalue weighted by Gasteiger charge is 2.53. The van der Waals surface area contributed by atoms with Gasteiger partial charge in [-0.3, -0.25) is 4.79 Å². The van der Waals surface area contributed by atoms with E-state index < -0.39 is 0 Å². The van der Waals surface area contributed by atoms with Crippen molar-refractivity contribution in [1.82, 2.24) is 0 Å². The minimum Gasteiger partial charge on any atom is -0.497 e.